The van der Waals surface area contributed by atoms with Gasteiger partial charge in [-0.25, -0.2) is 0 Å². The van der Waals surface area contributed by atoms with Crippen molar-refractivity contribution < 1.29 is 4.74 Å². The molecule has 2 N–H and O–H groups in total. The summed E-state index contributed by atoms with van der Waals surface area (Å²) in [6.07, 6.45) is 0. The van der Waals surface area contributed by atoms with Crippen LogP contribution in [0.25, 0.3) is 0 Å². The zero-order valence-electron chi connectivity index (χ0n) is 7.79. The monoisotopic (exact) mass is 165 g/mol. The predicted molar refractivity (Wildman–Crippen MR) is 50.2 cm³/mol. The highest BCUT2D eigenvalue weighted by atomic mass is 16.5. The van der Waals surface area contributed by atoms with E-state index in [0.29, 0.717) is 0 Å². The first-order valence-corrected chi connectivity index (χ1v) is 3.98. The maximum atomic E-state index is 5.95. The third kappa shape index (κ3) is 1.77. The number of ether oxygens (including phenoxy) is 1. The van der Waals surface area contributed by atoms with Crippen molar-refractivity contribution in [1.29, 1.82) is 0 Å². The van der Waals surface area contributed by atoms with Gasteiger partial charge in [0.15, 0.2) is 0 Å². The Kier molecular flexibility index (Phi) is 2.38. The number of rotatable bonds is 2. The van der Waals surface area contributed by atoms with Crippen molar-refractivity contribution in [3.05, 3.63) is 29.8 Å². The van der Waals surface area contributed by atoms with Crippen LogP contribution in [0.15, 0.2) is 24.3 Å². The molecule has 0 heterocycles. The van der Waals surface area contributed by atoms with E-state index in [4.69, 9.17) is 10.5 Å². The highest BCUT2D eigenvalue weighted by molar-refractivity contribution is 5.37. The molecule has 0 aliphatic rings. The van der Waals surface area contributed by atoms with Gasteiger partial charge in [-0.2, -0.15) is 0 Å². The molecular weight excluding hydrogens is 150 g/mol. The highest BCUT2D eigenvalue weighted by Crippen LogP contribution is 2.26. The van der Waals surface area contributed by atoms with Crippen LogP contribution in [0.4, 0.5) is 0 Å². The summed E-state index contributed by atoms with van der Waals surface area (Å²) >= 11 is 0. The molecule has 0 unspecified atom stereocenters. The van der Waals surface area contributed by atoms with Gasteiger partial charge in [0.05, 0.1) is 7.11 Å². The largest absolute Gasteiger partial charge is 0.496 e. The quantitative estimate of drug-likeness (QED) is 0.726. The Hall–Kier alpha value is -1.02. The first-order chi connectivity index (χ1) is 5.55. The Bertz CT molecular complexity index is 263. The molecule has 0 radical (unpaired) electrons. The number of benzene rings is 1. The van der Waals surface area contributed by atoms with Crippen molar-refractivity contribution in [2.75, 3.05) is 7.11 Å². The first kappa shape index (κ1) is 9.07. The van der Waals surface area contributed by atoms with Crippen molar-refractivity contribution in [1.82, 2.24) is 0 Å². The van der Waals surface area contributed by atoms with Gasteiger partial charge in [-0.05, 0) is 19.9 Å². The van der Waals surface area contributed by atoms with E-state index >= 15 is 0 Å². The molecule has 66 valence electrons. The third-order valence-electron chi connectivity index (χ3n) is 1.80. The zero-order chi connectivity index (χ0) is 9.19. The van der Waals surface area contributed by atoms with Gasteiger partial charge in [-0.15, -0.1) is 0 Å². The number of nitrogens with two attached hydrogens (primary N) is 1. The fourth-order valence-electron chi connectivity index (χ4n) is 1.18. The van der Waals surface area contributed by atoms with Gasteiger partial charge in [0.1, 0.15) is 5.75 Å². The van der Waals surface area contributed by atoms with E-state index in [0.717, 1.165) is 11.3 Å². The topological polar surface area (TPSA) is 35.2 Å². The smallest absolute Gasteiger partial charge is 0.123 e. The Labute approximate surface area is 73.3 Å². The molecule has 12 heavy (non-hydrogen) atoms. The lowest BCUT2D eigenvalue weighted by atomic mass is 9.95. The molecule has 0 aromatic heterocycles. The molecule has 0 saturated heterocycles. The SMILES string of the molecule is COc1ccccc1C(C)(C)N. The molecule has 0 aliphatic carbocycles. The van der Waals surface area contributed by atoms with E-state index in [9.17, 15) is 0 Å². The van der Waals surface area contributed by atoms with Crippen LogP contribution in [-0.4, -0.2) is 7.11 Å². The lowest BCUT2D eigenvalue weighted by molar-refractivity contribution is 0.394. The summed E-state index contributed by atoms with van der Waals surface area (Å²) in [6.45, 7) is 3.93. The minimum absolute atomic E-state index is 0.341. The van der Waals surface area contributed by atoms with E-state index in [-0.39, 0.29) is 5.54 Å². The summed E-state index contributed by atoms with van der Waals surface area (Å²) in [4.78, 5) is 0. The molecule has 2 nitrogen and oxygen atoms in total. The summed E-state index contributed by atoms with van der Waals surface area (Å²) in [6, 6.07) is 7.81. The predicted octanol–water partition coefficient (Wildman–Crippen LogP) is 1.89. The molecule has 0 spiro atoms. The van der Waals surface area contributed by atoms with Crippen molar-refractivity contribution in [2.24, 2.45) is 5.73 Å². The summed E-state index contributed by atoms with van der Waals surface area (Å²) in [7, 11) is 1.66. The molecule has 0 aliphatic heterocycles. The summed E-state index contributed by atoms with van der Waals surface area (Å²) in [5.74, 6) is 0.852. The fraction of sp³-hybridized carbons (Fsp3) is 0.400. The van der Waals surface area contributed by atoms with Crippen LogP contribution < -0.4 is 10.5 Å². The molecule has 0 bridgehead atoms. The number of hydrogen-bond donors (Lipinski definition) is 1. The summed E-state index contributed by atoms with van der Waals surface area (Å²) in [5, 5.41) is 0. The van der Waals surface area contributed by atoms with E-state index in [2.05, 4.69) is 0 Å². The Morgan fingerprint density at radius 2 is 1.83 bits per heavy atom. The molecular formula is C10H15NO. The average Bonchev–Trinajstić information content (AvgIpc) is 2.03. The van der Waals surface area contributed by atoms with Crippen LogP contribution in [0.2, 0.25) is 0 Å². The molecule has 0 fully saturated rings. The Balaban J connectivity index is 3.14. The van der Waals surface area contributed by atoms with Crippen molar-refractivity contribution in [2.45, 2.75) is 19.4 Å². The van der Waals surface area contributed by atoms with Crippen LogP contribution >= 0.6 is 0 Å². The summed E-state index contributed by atoms with van der Waals surface area (Å²) < 4.78 is 5.19. The maximum absolute atomic E-state index is 5.95. The van der Waals surface area contributed by atoms with E-state index in [1.165, 1.54) is 0 Å². The van der Waals surface area contributed by atoms with Gasteiger partial charge in [-0.3, -0.25) is 0 Å². The minimum atomic E-state index is -0.341. The van der Waals surface area contributed by atoms with E-state index in [1.54, 1.807) is 7.11 Å². The van der Waals surface area contributed by atoms with Crippen LogP contribution in [0, 0.1) is 0 Å². The third-order valence-corrected chi connectivity index (χ3v) is 1.80. The van der Waals surface area contributed by atoms with E-state index < -0.39 is 0 Å². The van der Waals surface area contributed by atoms with Gasteiger partial charge in [0, 0.05) is 11.1 Å². The van der Waals surface area contributed by atoms with Crippen molar-refractivity contribution >= 4 is 0 Å². The molecule has 2 heteroatoms. The molecule has 1 aromatic carbocycles. The van der Waals surface area contributed by atoms with Gasteiger partial charge in [0.25, 0.3) is 0 Å². The average molecular weight is 165 g/mol. The second kappa shape index (κ2) is 3.15. The second-order valence-corrected chi connectivity index (χ2v) is 3.42. The van der Waals surface area contributed by atoms with Gasteiger partial charge >= 0.3 is 0 Å². The Morgan fingerprint density at radius 1 is 1.25 bits per heavy atom. The number of para-hydroxylation sites is 1. The molecule has 0 atom stereocenters. The molecule has 1 aromatic rings. The maximum Gasteiger partial charge on any atom is 0.123 e. The fourth-order valence-corrected chi connectivity index (χ4v) is 1.18. The number of hydrogen-bond acceptors (Lipinski definition) is 2. The standard InChI is InChI=1S/C10H15NO/c1-10(2,11)8-6-4-5-7-9(8)12-3/h4-7H,11H2,1-3H3. The van der Waals surface area contributed by atoms with Crippen LogP contribution in [0.5, 0.6) is 5.75 Å². The van der Waals surface area contributed by atoms with Gasteiger partial charge < -0.3 is 10.5 Å². The van der Waals surface area contributed by atoms with Crippen LogP contribution in [-0.2, 0) is 5.54 Å². The molecule has 1 rings (SSSR count). The molecule has 0 amide bonds. The normalized spacial score (nSPS) is 11.3. The van der Waals surface area contributed by atoms with Gasteiger partial charge in [-0.1, -0.05) is 18.2 Å². The number of methoxy groups -OCH3 is 1. The van der Waals surface area contributed by atoms with Crippen molar-refractivity contribution in [3.8, 4) is 5.75 Å². The highest BCUT2D eigenvalue weighted by Gasteiger charge is 2.17. The lowest BCUT2D eigenvalue weighted by Crippen LogP contribution is -2.29. The summed E-state index contributed by atoms with van der Waals surface area (Å²) in [5.41, 5.74) is 6.65. The first-order valence-electron chi connectivity index (χ1n) is 3.98. The molecule has 0 saturated carbocycles. The van der Waals surface area contributed by atoms with Crippen LogP contribution in [0.1, 0.15) is 19.4 Å². The zero-order valence-corrected chi connectivity index (χ0v) is 7.79. The van der Waals surface area contributed by atoms with Gasteiger partial charge in [0.2, 0.25) is 0 Å². The van der Waals surface area contributed by atoms with Crippen molar-refractivity contribution in [3.63, 3.8) is 0 Å². The van der Waals surface area contributed by atoms with E-state index in [1.807, 2.05) is 38.1 Å². The minimum Gasteiger partial charge on any atom is -0.496 e. The Morgan fingerprint density at radius 3 is 2.25 bits per heavy atom. The second-order valence-electron chi connectivity index (χ2n) is 3.42. The lowest BCUT2D eigenvalue weighted by Gasteiger charge is -2.21. The van der Waals surface area contributed by atoms with Crippen LogP contribution in [0.3, 0.4) is 0 Å².